The highest BCUT2D eigenvalue weighted by Crippen LogP contribution is 2.42. The fourth-order valence-corrected chi connectivity index (χ4v) is 4.62. The second kappa shape index (κ2) is 5.60. The Kier molecular flexibility index (Phi) is 3.69. The number of piperidine rings is 1. The van der Waals surface area contributed by atoms with Gasteiger partial charge in [-0.15, -0.1) is 0 Å². The Bertz CT molecular complexity index is 586. The summed E-state index contributed by atoms with van der Waals surface area (Å²) in [6.45, 7) is 7.34. The molecule has 3 fully saturated rings. The standard InChI is InChI=1S/C19H26N2O2/c1-18(16-6-3-2-4-7-16)14-21(12-13-23-18)17(22)19-8-5-10-20(15-19)11-9-19/h2-4,6-7H,5,8-15H2,1H3. The summed E-state index contributed by atoms with van der Waals surface area (Å²) >= 11 is 0. The summed E-state index contributed by atoms with van der Waals surface area (Å²) in [4.78, 5) is 17.8. The third-order valence-corrected chi connectivity index (χ3v) is 5.96. The van der Waals surface area contributed by atoms with E-state index in [9.17, 15) is 4.79 Å². The third-order valence-electron chi connectivity index (χ3n) is 5.96. The summed E-state index contributed by atoms with van der Waals surface area (Å²) in [6, 6.07) is 10.3. The van der Waals surface area contributed by atoms with Crippen molar-refractivity contribution in [2.75, 3.05) is 39.3 Å². The number of rotatable bonds is 2. The van der Waals surface area contributed by atoms with Gasteiger partial charge in [-0.25, -0.2) is 0 Å². The van der Waals surface area contributed by atoms with Crippen molar-refractivity contribution in [1.29, 1.82) is 0 Å². The number of hydrogen-bond acceptors (Lipinski definition) is 3. The molecule has 1 aromatic carbocycles. The van der Waals surface area contributed by atoms with Gasteiger partial charge in [0.25, 0.3) is 0 Å². The van der Waals surface area contributed by atoms with Crippen molar-refractivity contribution in [2.24, 2.45) is 5.41 Å². The molecule has 124 valence electrons. The van der Waals surface area contributed by atoms with Crippen LogP contribution in [0.1, 0.15) is 31.7 Å². The van der Waals surface area contributed by atoms with E-state index in [0.717, 1.165) is 44.5 Å². The second-order valence-corrected chi connectivity index (χ2v) is 7.58. The number of hydrogen-bond donors (Lipinski definition) is 0. The lowest BCUT2D eigenvalue weighted by molar-refractivity contribution is -0.160. The Balaban J connectivity index is 1.54. The van der Waals surface area contributed by atoms with E-state index in [4.69, 9.17) is 4.74 Å². The first-order valence-electron chi connectivity index (χ1n) is 8.83. The molecule has 3 unspecified atom stereocenters. The van der Waals surface area contributed by atoms with E-state index in [2.05, 4.69) is 28.9 Å². The van der Waals surface area contributed by atoms with E-state index >= 15 is 0 Å². The molecule has 0 saturated carbocycles. The summed E-state index contributed by atoms with van der Waals surface area (Å²) in [5.41, 5.74) is 0.651. The average Bonchev–Trinajstić information content (AvgIpc) is 2.90. The quantitative estimate of drug-likeness (QED) is 0.839. The SMILES string of the molecule is CC1(c2ccccc2)CN(C(=O)C23CCCN(CC2)C3)CCO1. The molecule has 4 rings (SSSR count). The number of fused-ring (bicyclic) bond motifs is 2. The number of carbonyl (C=O) groups excluding carboxylic acids is 1. The van der Waals surface area contributed by atoms with E-state index in [1.165, 1.54) is 6.54 Å². The first kappa shape index (κ1) is 15.2. The molecule has 23 heavy (non-hydrogen) atoms. The molecule has 3 aliphatic rings. The summed E-state index contributed by atoms with van der Waals surface area (Å²) in [5, 5.41) is 0. The van der Waals surface area contributed by atoms with Crippen LogP contribution in [0.2, 0.25) is 0 Å². The molecule has 0 N–H and O–H groups in total. The Morgan fingerprint density at radius 3 is 2.74 bits per heavy atom. The fourth-order valence-electron chi connectivity index (χ4n) is 4.62. The van der Waals surface area contributed by atoms with Crippen LogP contribution in [0.4, 0.5) is 0 Å². The van der Waals surface area contributed by atoms with Crippen LogP contribution in [0.25, 0.3) is 0 Å². The number of carbonyl (C=O) groups is 1. The van der Waals surface area contributed by atoms with Crippen LogP contribution in [-0.4, -0.2) is 55.0 Å². The fraction of sp³-hybridized carbons (Fsp3) is 0.632. The molecule has 2 bridgehead atoms. The van der Waals surface area contributed by atoms with Crippen molar-refractivity contribution in [1.82, 2.24) is 9.80 Å². The maximum Gasteiger partial charge on any atom is 0.230 e. The summed E-state index contributed by atoms with van der Waals surface area (Å²) in [5.74, 6) is 0.366. The van der Waals surface area contributed by atoms with Gasteiger partial charge in [0.1, 0.15) is 5.60 Å². The first-order valence-corrected chi connectivity index (χ1v) is 8.83. The van der Waals surface area contributed by atoms with Gasteiger partial charge in [0, 0.05) is 13.1 Å². The Morgan fingerprint density at radius 1 is 1.09 bits per heavy atom. The molecule has 3 atom stereocenters. The largest absolute Gasteiger partial charge is 0.367 e. The molecule has 0 radical (unpaired) electrons. The molecule has 4 heteroatoms. The van der Waals surface area contributed by atoms with Gasteiger partial charge in [-0.3, -0.25) is 4.79 Å². The van der Waals surface area contributed by atoms with Crippen LogP contribution < -0.4 is 0 Å². The molecule has 4 nitrogen and oxygen atoms in total. The second-order valence-electron chi connectivity index (χ2n) is 7.58. The van der Waals surface area contributed by atoms with Crippen molar-refractivity contribution in [3.05, 3.63) is 35.9 Å². The zero-order valence-corrected chi connectivity index (χ0v) is 14.0. The van der Waals surface area contributed by atoms with Gasteiger partial charge in [0.15, 0.2) is 0 Å². The van der Waals surface area contributed by atoms with Gasteiger partial charge < -0.3 is 14.5 Å². The molecular formula is C19H26N2O2. The molecule has 0 aliphatic carbocycles. The number of benzene rings is 1. The third kappa shape index (κ3) is 2.58. The molecule has 1 aromatic rings. The van der Waals surface area contributed by atoms with Crippen LogP contribution in [-0.2, 0) is 15.1 Å². The lowest BCUT2D eigenvalue weighted by atomic mass is 9.79. The Hall–Kier alpha value is -1.39. The van der Waals surface area contributed by atoms with Crippen LogP contribution in [0.15, 0.2) is 30.3 Å². The highest BCUT2D eigenvalue weighted by atomic mass is 16.5. The minimum atomic E-state index is -0.390. The van der Waals surface area contributed by atoms with E-state index in [1.807, 2.05) is 18.2 Å². The topological polar surface area (TPSA) is 32.8 Å². The van der Waals surface area contributed by atoms with Crippen molar-refractivity contribution in [3.8, 4) is 0 Å². The molecule has 3 saturated heterocycles. The smallest absolute Gasteiger partial charge is 0.230 e. The predicted molar refractivity (Wildman–Crippen MR) is 89.1 cm³/mol. The zero-order valence-electron chi connectivity index (χ0n) is 14.0. The van der Waals surface area contributed by atoms with Gasteiger partial charge in [-0.05, 0) is 44.8 Å². The summed E-state index contributed by atoms with van der Waals surface area (Å²) in [6.07, 6.45) is 3.25. The van der Waals surface area contributed by atoms with Crippen LogP contribution in [0.3, 0.4) is 0 Å². The van der Waals surface area contributed by atoms with Crippen LogP contribution in [0.5, 0.6) is 0 Å². The molecular weight excluding hydrogens is 288 g/mol. The molecule has 1 amide bonds. The zero-order chi connectivity index (χ0) is 15.9. The average molecular weight is 314 g/mol. The van der Waals surface area contributed by atoms with Crippen LogP contribution >= 0.6 is 0 Å². The Morgan fingerprint density at radius 2 is 1.91 bits per heavy atom. The monoisotopic (exact) mass is 314 g/mol. The minimum Gasteiger partial charge on any atom is -0.367 e. The van der Waals surface area contributed by atoms with Gasteiger partial charge >= 0.3 is 0 Å². The Labute approximate surface area is 138 Å². The maximum absolute atomic E-state index is 13.3. The lowest BCUT2D eigenvalue weighted by Crippen LogP contribution is -2.55. The van der Waals surface area contributed by atoms with Gasteiger partial charge in [-0.2, -0.15) is 0 Å². The molecule has 0 aromatic heterocycles. The first-order chi connectivity index (χ1) is 11.1. The van der Waals surface area contributed by atoms with E-state index in [0.29, 0.717) is 19.1 Å². The highest BCUT2D eigenvalue weighted by Gasteiger charge is 2.49. The molecule has 3 aliphatic heterocycles. The lowest BCUT2D eigenvalue weighted by Gasteiger charge is -2.44. The van der Waals surface area contributed by atoms with E-state index < -0.39 is 5.60 Å². The normalized spacial score (nSPS) is 36.9. The predicted octanol–water partition coefficient (Wildman–Crippen LogP) is 2.25. The number of amides is 1. The van der Waals surface area contributed by atoms with E-state index in [1.54, 1.807) is 0 Å². The maximum atomic E-state index is 13.3. The molecule has 0 spiro atoms. The van der Waals surface area contributed by atoms with Crippen molar-refractivity contribution >= 4 is 5.91 Å². The highest BCUT2D eigenvalue weighted by molar-refractivity contribution is 5.83. The summed E-state index contributed by atoms with van der Waals surface area (Å²) in [7, 11) is 0. The van der Waals surface area contributed by atoms with Crippen molar-refractivity contribution in [2.45, 2.75) is 31.8 Å². The van der Waals surface area contributed by atoms with Crippen molar-refractivity contribution < 1.29 is 9.53 Å². The van der Waals surface area contributed by atoms with Crippen LogP contribution in [0, 0.1) is 5.41 Å². The van der Waals surface area contributed by atoms with Gasteiger partial charge in [-0.1, -0.05) is 30.3 Å². The van der Waals surface area contributed by atoms with Gasteiger partial charge in [0.05, 0.1) is 18.6 Å². The van der Waals surface area contributed by atoms with Gasteiger partial charge in [0.2, 0.25) is 5.91 Å². The molecule has 3 heterocycles. The number of morpholine rings is 1. The number of ether oxygens (including phenoxy) is 1. The van der Waals surface area contributed by atoms with E-state index in [-0.39, 0.29) is 5.41 Å². The minimum absolute atomic E-state index is 0.118. The van der Waals surface area contributed by atoms with Crippen molar-refractivity contribution in [3.63, 3.8) is 0 Å². The number of nitrogens with zero attached hydrogens (tertiary/aromatic N) is 2. The summed E-state index contributed by atoms with van der Waals surface area (Å²) < 4.78 is 6.09.